The summed E-state index contributed by atoms with van der Waals surface area (Å²) in [7, 11) is 0. The van der Waals surface area contributed by atoms with Gasteiger partial charge >= 0.3 is 5.97 Å². The van der Waals surface area contributed by atoms with Crippen LogP contribution in [-0.4, -0.2) is 46.6 Å². The van der Waals surface area contributed by atoms with E-state index in [1.54, 1.807) is 45.9 Å². The first-order chi connectivity index (χ1) is 18.1. The Morgan fingerprint density at radius 3 is 2.18 bits per heavy atom. The Kier molecular flexibility index (Phi) is 20.4. The normalized spacial score (nSPS) is 11.3. The van der Waals surface area contributed by atoms with Gasteiger partial charge in [0.05, 0.1) is 36.3 Å². The molecule has 2 rings (SSSR count). The molecular weight excluding hydrogens is 514 g/mol. The largest absolute Gasteiger partial charge is 0.462 e. The predicted octanol–water partition coefficient (Wildman–Crippen LogP) is 4.97. The van der Waals surface area contributed by atoms with E-state index in [-0.39, 0.29) is 12.1 Å². The quantitative estimate of drug-likeness (QED) is 0.157. The van der Waals surface area contributed by atoms with E-state index in [9.17, 15) is 4.79 Å². The molecule has 10 nitrogen and oxygen atoms in total. The molecule has 0 aliphatic rings. The highest BCUT2D eigenvalue weighted by molar-refractivity contribution is 7.80. The second-order valence-electron chi connectivity index (χ2n) is 9.61. The topological polar surface area (TPSA) is 176 Å². The fraction of sp³-hybridized carbons (Fsp3) is 0.536. The van der Waals surface area contributed by atoms with Gasteiger partial charge in [-0.25, -0.2) is 9.97 Å². The van der Waals surface area contributed by atoms with Crippen LogP contribution in [0, 0.1) is 24.2 Å². The number of aromatic nitrogens is 2. The number of nitrogens with two attached hydrogens (primary N) is 3. The number of thiol groups is 1. The summed E-state index contributed by atoms with van der Waals surface area (Å²) < 4.78 is 9.82. The van der Waals surface area contributed by atoms with Gasteiger partial charge in [0, 0.05) is 11.1 Å². The van der Waals surface area contributed by atoms with Crippen LogP contribution >= 0.6 is 12.6 Å². The highest BCUT2D eigenvalue weighted by atomic mass is 32.1. The number of benzene rings is 1. The Labute approximate surface area is 239 Å². The second-order valence-corrected chi connectivity index (χ2v) is 10.1. The van der Waals surface area contributed by atoms with Crippen LogP contribution in [0.2, 0.25) is 0 Å². The van der Waals surface area contributed by atoms with Crippen molar-refractivity contribution in [2.24, 2.45) is 22.4 Å². The van der Waals surface area contributed by atoms with Crippen molar-refractivity contribution >= 4 is 36.3 Å². The minimum absolute atomic E-state index is 0.0877. The maximum atomic E-state index is 10.9. The minimum Gasteiger partial charge on any atom is -0.462 e. The number of anilines is 1. The van der Waals surface area contributed by atoms with Crippen LogP contribution in [0.25, 0.3) is 0 Å². The zero-order valence-electron chi connectivity index (χ0n) is 24.8. The highest BCUT2D eigenvalue weighted by Crippen LogP contribution is 2.21. The summed E-state index contributed by atoms with van der Waals surface area (Å²) in [4.78, 5) is 23.9. The maximum absolute atomic E-state index is 10.9. The van der Waals surface area contributed by atoms with Crippen molar-refractivity contribution in [3.63, 3.8) is 0 Å². The first-order valence-corrected chi connectivity index (χ1v) is 13.2. The van der Waals surface area contributed by atoms with E-state index in [4.69, 9.17) is 31.9 Å². The number of ether oxygens (including phenoxy) is 2. The van der Waals surface area contributed by atoms with Gasteiger partial charge in [0.2, 0.25) is 0 Å². The number of nitrogens with zero attached hydrogens (tertiary/aromatic N) is 4. The number of nitriles is 1. The van der Waals surface area contributed by atoms with Crippen LogP contribution in [0.3, 0.4) is 0 Å². The molecule has 0 saturated heterocycles. The highest BCUT2D eigenvalue weighted by Gasteiger charge is 2.24. The molecule has 1 heterocycles. The Hall–Kier alpha value is -3.04. The van der Waals surface area contributed by atoms with E-state index < -0.39 is 5.54 Å². The Bertz CT molecular complexity index is 1010. The van der Waals surface area contributed by atoms with Gasteiger partial charge in [-0.05, 0) is 72.1 Å². The molecule has 39 heavy (non-hydrogen) atoms. The number of aliphatic imine (C=N–C) groups is 1. The maximum Gasteiger partial charge on any atom is 0.325 e. The number of rotatable bonds is 7. The molecule has 0 amide bonds. The molecule has 218 valence electrons. The Balaban J connectivity index is 0. The van der Waals surface area contributed by atoms with Crippen molar-refractivity contribution in [3.05, 3.63) is 41.9 Å². The zero-order valence-corrected chi connectivity index (χ0v) is 25.7. The van der Waals surface area contributed by atoms with Crippen LogP contribution in [-0.2, 0) is 14.3 Å². The van der Waals surface area contributed by atoms with Crippen molar-refractivity contribution in [2.45, 2.75) is 91.4 Å². The van der Waals surface area contributed by atoms with E-state index in [1.165, 1.54) is 6.33 Å². The summed E-state index contributed by atoms with van der Waals surface area (Å²) in [5.41, 5.74) is 17.4. The van der Waals surface area contributed by atoms with Crippen LogP contribution in [0.1, 0.15) is 73.1 Å². The van der Waals surface area contributed by atoms with E-state index in [2.05, 4.69) is 48.4 Å². The molecule has 0 saturated carbocycles. The summed E-state index contributed by atoms with van der Waals surface area (Å²) in [6.07, 6.45) is 4.55. The van der Waals surface area contributed by atoms with E-state index in [0.29, 0.717) is 35.8 Å². The molecule has 0 aliphatic carbocycles. The number of esters is 1. The van der Waals surface area contributed by atoms with E-state index in [1.807, 2.05) is 32.2 Å². The lowest BCUT2D eigenvalue weighted by Gasteiger charge is -2.18. The minimum atomic E-state index is -0.871. The van der Waals surface area contributed by atoms with Crippen LogP contribution in [0.15, 0.2) is 40.5 Å². The average molecular weight is 562 g/mol. The average Bonchev–Trinajstić information content (AvgIpc) is 2.84. The standard InChI is InChI=1S/C9H14N4.C7H15NO2.C7H5NS.C5H13NO/c1-6(2)4-11-8-7(3)12-5-13-9(8)10;1-5(2)10-6(9)7(3,4)8;8-5-6-2-1-3-7(9)4-6;1-3-5(2)7-4-6/h4-6H,1-3H3,(H2,10,12,13);5H,8H2,1-4H3;1-4,9H;5H,3-4,6H2,1-2H3. The van der Waals surface area contributed by atoms with Gasteiger partial charge in [0.25, 0.3) is 0 Å². The molecular formula is C28H47N7O3S. The van der Waals surface area contributed by atoms with Gasteiger partial charge in [-0.1, -0.05) is 26.8 Å². The number of carbonyl (C=O) groups is 1. The molecule has 11 heteroatoms. The van der Waals surface area contributed by atoms with Gasteiger partial charge in [0.1, 0.15) is 17.6 Å². The summed E-state index contributed by atoms with van der Waals surface area (Å²) >= 11 is 4.06. The third-order valence-corrected chi connectivity index (χ3v) is 4.61. The van der Waals surface area contributed by atoms with Crippen molar-refractivity contribution in [2.75, 3.05) is 12.5 Å². The van der Waals surface area contributed by atoms with E-state index >= 15 is 0 Å². The lowest BCUT2D eigenvalue weighted by atomic mass is 10.1. The van der Waals surface area contributed by atoms with Crippen LogP contribution in [0.4, 0.5) is 11.5 Å². The van der Waals surface area contributed by atoms with E-state index in [0.717, 1.165) is 17.0 Å². The number of aryl methyl sites for hydroxylation is 1. The van der Waals surface area contributed by atoms with Crippen molar-refractivity contribution in [1.29, 1.82) is 5.26 Å². The zero-order chi connectivity index (χ0) is 30.6. The van der Waals surface area contributed by atoms with Gasteiger partial charge in [-0.2, -0.15) is 5.26 Å². The summed E-state index contributed by atoms with van der Waals surface area (Å²) in [5.74, 6) is 0.478. The van der Waals surface area contributed by atoms with Gasteiger partial charge in [-0.15, -0.1) is 12.6 Å². The Morgan fingerprint density at radius 2 is 1.85 bits per heavy atom. The SMILES string of the molecule is CC(C)OC(=O)C(C)(C)N.CCC(C)OCN.Cc1ncnc(N)c1N=CC(C)C.N#Cc1cccc(S)c1. The first kappa shape index (κ1) is 38.1. The molecule has 1 atom stereocenters. The third-order valence-electron chi connectivity index (χ3n) is 4.34. The molecule has 0 bridgehead atoms. The molecule has 0 aliphatic heterocycles. The van der Waals surface area contributed by atoms with Gasteiger partial charge in [0.15, 0.2) is 5.82 Å². The first-order valence-electron chi connectivity index (χ1n) is 12.7. The summed E-state index contributed by atoms with van der Waals surface area (Å²) in [6, 6.07) is 9.14. The lowest BCUT2D eigenvalue weighted by Crippen LogP contribution is -2.43. The number of nitrogen functional groups attached to an aromatic ring is 1. The molecule has 1 unspecified atom stereocenters. The molecule has 1 aromatic heterocycles. The van der Waals surface area contributed by atoms with Crippen LogP contribution < -0.4 is 17.2 Å². The molecule has 2 aromatic rings. The fourth-order valence-electron chi connectivity index (χ4n) is 2.09. The van der Waals surface area contributed by atoms with Crippen molar-refractivity contribution in [3.8, 4) is 6.07 Å². The molecule has 1 aromatic carbocycles. The summed E-state index contributed by atoms with van der Waals surface area (Å²) in [5, 5.41) is 8.38. The second kappa shape index (κ2) is 20.9. The molecule has 0 radical (unpaired) electrons. The molecule has 0 fully saturated rings. The fourth-order valence-corrected chi connectivity index (χ4v) is 2.32. The van der Waals surface area contributed by atoms with Crippen LogP contribution in [0.5, 0.6) is 0 Å². The van der Waals surface area contributed by atoms with Crippen molar-refractivity contribution < 1.29 is 14.3 Å². The third kappa shape index (κ3) is 20.6. The summed E-state index contributed by atoms with van der Waals surface area (Å²) in [6.45, 7) is 17.2. The number of carbonyl (C=O) groups excluding carboxylic acids is 1. The smallest absolute Gasteiger partial charge is 0.325 e. The van der Waals surface area contributed by atoms with Crippen molar-refractivity contribution in [1.82, 2.24) is 9.97 Å². The van der Waals surface area contributed by atoms with Gasteiger partial charge in [-0.3, -0.25) is 9.79 Å². The lowest BCUT2D eigenvalue weighted by molar-refractivity contribution is -0.152. The monoisotopic (exact) mass is 561 g/mol. The number of hydrogen-bond donors (Lipinski definition) is 4. The predicted molar refractivity (Wildman–Crippen MR) is 162 cm³/mol. The Morgan fingerprint density at radius 1 is 1.23 bits per heavy atom. The molecule has 0 spiro atoms. The molecule has 6 N–H and O–H groups in total. The van der Waals surface area contributed by atoms with Gasteiger partial charge < -0.3 is 26.7 Å². The number of hydrogen-bond acceptors (Lipinski definition) is 11.